The summed E-state index contributed by atoms with van der Waals surface area (Å²) < 4.78 is 0. The van der Waals surface area contributed by atoms with Gasteiger partial charge in [0.25, 0.3) is 0 Å². The molecule has 0 heterocycles. The van der Waals surface area contributed by atoms with Crippen molar-refractivity contribution in [3.8, 4) is 0 Å². The predicted molar refractivity (Wildman–Crippen MR) is 73.9 cm³/mol. The van der Waals surface area contributed by atoms with Crippen molar-refractivity contribution in [3.05, 3.63) is 0 Å². The molecule has 0 aromatic rings. The van der Waals surface area contributed by atoms with Gasteiger partial charge in [0.1, 0.15) is 5.84 Å². The molecule has 108 valence electrons. The second-order valence-corrected chi connectivity index (χ2v) is 6.26. The third kappa shape index (κ3) is 3.01. The predicted octanol–water partition coefficient (Wildman–Crippen LogP) is 1.99. The largest absolute Gasteiger partial charge is 0.409 e. The van der Waals surface area contributed by atoms with Gasteiger partial charge < -0.3 is 16.3 Å². The minimum absolute atomic E-state index is 0.0128. The lowest BCUT2D eigenvalue weighted by Gasteiger charge is -2.34. The Bertz CT molecular complexity index is 362. The molecule has 2 unspecified atom stereocenters. The highest BCUT2D eigenvalue weighted by molar-refractivity contribution is 5.86. The molecule has 2 fully saturated rings. The Morgan fingerprint density at radius 3 is 2.58 bits per heavy atom. The number of amidine groups is 1. The maximum atomic E-state index is 12.5. The highest BCUT2D eigenvalue weighted by atomic mass is 16.4. The Hall–Kier alpha value is -1.26. The Balaban J connectivity index is 1.98. The highest BCUT2D eigenvalue weighted by Crippen LogP contribution is 2.37. The number of nitrogens with two attached hydrogens (primary N) is 1. The van der Waals surface area contributed by atoms with Gasteiger partial charge in [-0.3, -0.25) is 4.79 Å². The first kappa shape index (κ1) is 14.2. The lowest BCUT2D eigenvalue weighted by Crippen LogP contribution is -2.48. The number of oxime groups is 1. The van der Waals surface area contributed by atoms with E-state index in [1.54, 1.807) is 0 Å². The van der Waals surface area contributed by atoms with Crippen LogP contribution in [0.1, 0.15) is 58.3 Å². The van der Waals surface area contributed by atoms with Crippen LogP contribution in [0, 0.1) is 11.3 Å². The summed E-state index contributed by atoms with van der Waals surface area (Å²) in [6.45, 7) is 2.06. The van der Waals surface area contributed by atoms with E-state index in [1.165, 1.54) is 6.42 Å². The van der Waals surface area contributed by atoms with E-state index in [-0.39, 0.29) is 29.1 Å². The van der Waals surface area contributed by atoms with Crippen LogP contribution in [-0.4, -0.2) is 23.0 Å². The molecule has 0 bridgehead atoms. The van der Waals surface area contributed by atoms with Crippen LogP contribution in [-0.2, 0) is 4.79 Å². The van der Waals surface area contributed by atoms with E-state index in [0.29, 0.717) is 0 Å². The van der Waals surface area contributed by atoms with Crippen molar-refractivity contribution in [3.63, 3.8) is 0 Å². The van der Waals surface area contributed by atoms with Crippen LogP contribution >= 0.6 is 0 Å². The van der Waals surface area contributed by atoms with Crippen molar-refractivity contribution in [1.82, 2.24) is 5.32 Å². The van der Waals surface area contributed by atoms with Gasteiger partial charge in [-0.05, 0) is 25.7 Å². The van der Waals surface area contributed by atoms with Crippen LogP contribution in [0.4, 0.5) is 0 Å². The van der Waals surface area contributed by atoms with Crippen LogP contribution in [0.2, 0.25) is 0 Å². The van der Waals surface area contributed by atoms with Crippen molar-refractivity contribution in [1.29, 1.82) is 0 Å². The Kier molecular flexibility index (Phi) is 4.32. The van der Waals surface area contributed by atoms with E-state index in [1.807, 2.05) is 0 Å². The molecule has 0 saturated heterocycles. The first-order valence-electron chi connectivity index (χ1n) is 7.35. The van der Waals surface area contributed by atoms with Gasteiger partial charge in [-0.2, -0.15) is 0 Å². The Morgan fingerprint density at radius 2 is 1.95 bits per heavy atom. The first-order valence-corrected chi connectivity index (χ1v) is 7.35. The molecule has 2 atom stereocenters. The number of nitrogens with zero attached hydrogens (tertiary/aromatic N) is 1. The van der Waals surface area contributed by atoms with Crippen molar-refractivity contribution in [2.45, 2.75) is 64.3 Å². The molecule has 5 nitrogen and oxygen atoms in total. The third-order valence-corrected chi connectivity index (χ3v) is 4.83. The summed E-state index contributed by atoms with van der Waals surface area (Å²) in [6, 6.07) is 0.0298. The van der Waals surface area contributed by atoms with Gasteiger partial charge in [-0.25, -0.2) is 0 Å². The van der Waals surface area contributed by atoms with Gasteiger partial charge in [0.05, 0.1) is 0 Å². The average molecular weight is 267 g/mol. The number of carbonyl (C=O) groups excluding carboxylic acids is 1. The van der Waals surface area contributed by atoms with Gasteiger partial charge in [0.2, 0.25) is 5.91 Å². The standard InChI is InChI=1S/C14H25N3O2/c1-14(8-3-2-4-9-14)13(18)16-11-7-5-6-10(11)12(15)17-19/h10-11,19H,2-9H2,1H3,(H2,15,17)(H,16,18). The van der Waals surface area contributed by atoms with Crippen LogP contribution in [0.15, 0.2) is 5.16 Å². The fraction of sp³-hybridized carbons (Fsp3) is 0.857. The lowest BCUT2D eigenvalue weighted by atomic mass is 9.75. The Labute approximate surface area is 114 Å². The maximum Gasteiger partial charge on any atom is 0.226 e. The molecule has 2 saturated carbocycles. The van der Waals surface area contributed by atoms with Crippen LogP contribution in [0.3, 0.4) is 0 Å². The molecule has 2 aliphatic carbocycles. The maximum absolute atomic E-state index is 12.5. The summed E-state index contributed by atoms with van der Waals surface area (Å²) in [7, 11) is 0. The first-order chi connectivity index (χ1) is 9.07. The number of rotatable bonds is 3. The van der Waals surface area contributed by atoms with Crippen molar-refractivity contribution >= 4 is 11.7 Å². The third-order valence-electron chi connectivity index (χ3n) is 4.83. The summed E-state index contributed by atoms with van der Waals surface area (Å²) in [6.07, 6.45) is 8.28. The molecule has 1 amide bonds. The summed E-state index contributed by atoms with van der Waals surface area (Å²) in [5.41, 5.74) is 5.48. The molecule has 0 radical (unpaired) electrons. The van der Waals surface area contributed by atoms with E-state index in [0.717, 1.165) is 44.9 Å². The van der Waals surface area contributed by atoms with E-state index in [2.05, 4.69) is 17.4 Å². The molecule has 19 heavy (non-hydrogen) atoms. The van der Waals surface area contributed by atoms with E-state index in [4.69, 9.17) is 10.9 Å². The zero-order chi connectivity index (χ0) is 13.9. The van der Waals surface area contributed by atoms with E-state index < -0.39 is 0 Å². The molecular weight excluding hydrogens is 242 g/mol. The van der Waals surface area contributed by atoms with Crippen LogP contribution < -0.4 is 11.1 Å². The molecule has 5 heteroatoms. The van der Waals surface area contributed by atoms with Crippen molar-refractivity contribution in [2.75, 3.05) is 0 Å². The minimum Gasteiger partial charge on any atom is -0.409 e. The quantitative estimate of drug-likeness (QED) is 0.316. The van der Waals surface area contributed by atoms with Gasteiger partial charge in [-0.1, -0.05) is 37.8 Å². The minimum atomic E-state index is -0.226. The van der Waals surface area contributed by atoms with Crippen LogP contribution in [0.25, 0.3) is 0 Å². The van der Waals surface area contributed by atoms with E-state index >= 15 is 0 Å². The highest BCUT2D eigenvalue weighted by Gasteiger charge is 2.38. The van der Waals surface area contributed by atoms with Gasteiger partial charge in [0.15, 0.2) is 0 Å². The SMILES string of the molecule is CC1(C(=O)NC2CCCC2C(N)=NO)CCCCC1. The lowest BCUT2D eigenvalue weighted by molar-refractivity contribution is -0.132. The molecule has 0 spiro atoms. The topological polar surface area (TPSA) is 87.7 Å². The van der Waals surface area contributed by atoms with E-state index in [9.17, 15) is 4.79 Å². The number of carbonyl (C=O) groups is 1. The Morgan fingerprint density at radius 1 is 1.26 bits per heavy atom. The molecular formula is C14H25N3O2. The normalized spacial score (nSPS) is 31.1. The van der Waals surface area contributed by atoms with Crippen LogP contribution in [0.5, 0.6) is 0 Å². The fourth-order valence-electron chi connectivity index (χ4n) is 3.46. The molecule has 0 aromatic heterocycles. The smallest absolute Gasteiger partial charge is 0.226 e. The van der Waals surface area contributed by atoms with Crippen molar-refractivity contribution < 1.29 is 10.0 Å². The number of hydrogen-bond acceptors (Lipinski definition) is 3. The van der Waals surface area contributed by atoms with Gasteiger partial charge in [0, 0.05) is 17.4 Å². The molecule has 2 rings (SSSR count). The summed E-state index contributed by atoms with van der Waals surface area (Å²) in [4.78, 5) is 12.5. The zero-order valence-corrected chi connectivity index (χ0v) is 11.7. The average Bonchev–Trinajstić information content (AvgIpc) is 2.87. The molecule has 0 aliphatic heterocycles. The van der Waals surface area contributed by atoms with Crippen molar-refractivity contribution in [2.24, 2.45) is 22.2 Å². The monoisotopic (exact) mass is 267 g/mol. The number of hydrogen-bond donors (Lipinski definition) is 3. The molecule has 2 aliphatic rings. The van der Waals surface area contributed by atoms with Gasteiger partial charge in [-0.15, -0.1) is 0 Å². The number of nitrogens with one attached hydrogen (secondary N) is 1. The summed E-state index contributed by atoms with van der Waals surface area (Å²) in [5.74, 6) is 0.382. The number of amides is 1. The van der Waals surface area contributed by atoms with Gasteiger partial charge >= 0.3 is 0 Å². The second kappa shape index (κ2) is 5.80. The molecule has 0 aromatic carbocycles. The summed E-state index contributed by atoms with van der Waals surface area (Å²) in [5, 5.41) is 15.0. The second-order valence-electron chi connectivity index (χ2n) is 6.26. The fourth-order valence-corrected chi connectivity index (χ4v) is 3.46. The summed E-state index contributed by atoms with van der Waals surface area (Å²) >= 11 is 0. The molecule has 4 N–H and O–H groups in total. The zero-order valence-electron chi connectivity index (χ0n) is 11.7.